The van der Waals surface area contributed by atoms with Crippen LogP contribution in [0.25, 0.3) is 0 Å². The molecule has 0 aliphatic rings. The van der Waals surface area contributed by atoms with Crippen LogP contribution in [0.15, 0.2) is 23.7 Å². The zero-order valence-corrected chi connectivity index (χ0v) is 24.0. The summed E-state index contributed by atoms with van der Waals surface area (Å²) >= 11 is 0. The first-order valence-electron chi connectivity index (χ1n) is 9.76. The molecule has 0 rings (SSSR count). The standard InChI is InChI=1S/C18H43O3PSi4/c1-13-16-18(22(19,20-14-2)21-15-3)17-26(23(4,5)6,24(7,8)9)25(10,11)12/h13,17H,1,14-16H2,2-12H3/b18-17-. The van der Waals surface area contributed by atoms with Gasteiger partial charge in [-0.15, -0.1) is 6.58 Å². The van der Waals surface area contributed by atoms with E-state index >= 15 is 0 Å². The lowest BCUT2D eigenvalue weighted by molar-refractivity contribution is 0.226. The summed E-state index contributed by atoms with van der Waals surface area (Å²) in [6.45, 7) is 29.5. The molecule has 0 amide bonds. The molecule has 154 valence electrons. The molecular weight excluding hydrogens is 408 g/mol. The van der Waals surface area contributed by atoms with Crippen LogP contribution in [0.1, 0.15) is 20.3 Å². The highest BCUT2D eigenvalue weighted by molar-refractivity contribution is 7.91. The molecule has 0 N–H and O–H groups in total. The Morgan fingerprint density at radius 3 is 1.42 bits per heavy atom. The Labute approximate surface area is 166 Å². The van der Waals surface area contributed by atoms with Crippen molar-refractivity contribution in [1.29, 1.82) is 0 Å². The molecule has 0 heterocycles. The van der Waals surface area contributed by atoms with E-state index in [4.69, 9.17) is 9.05 Å². The zero-order valence-electron chi connectivity index (χ0n) is 19.2. The first kappa shape index (κ1) is 26.5. The molecule has 0 unspecified atom stereocenters. The van der Waals surface area contributed by atoms with Gasteiger partial charge in [0.25, 0.3) is 0 Å². The molecule has 26 heavy (non-hydrogen) atoms. The Bertz CT molecular complexity index is 508. The number of hydrogen-bond donors (Lipinski definition) is 0. The largest absolute Gasteiger partial charge is 0.356 e. The van der Waals surface area contributed by atoms with Crippen LogP contribution in [0.4, 0.5) is 0 Å². The van der Waals surface area contributed by atoms with Gasteiger partial charge in [-0.25, -0.2) is 0 Å². The number of hydrogen-bond acceptors (Lipinski definition) is 3. The molecule has 0 aliphatic heterocycles. The smallest absolute Gasteiger partial charge is 0.306 e. The van der Waals surface area contributed by atoms with Gasteiger partial charge in [0, 0.05) is 28.1 Å². The first-order chi connectivity index (χ1) is 11.5. The van der Waals surface area contributed by atoms with Crippen molar-refractivity contribution < 1.29 is 13.6 Å². The minimum Gasteiger partial charge on any atom is -0.306 e. The van der Waals surface area contributed by atoms with Crippen molar-refractivity contribution in [2.75, 3.05) is 13.2 Å². The van der Waals surface area contributed by atoms with Gasteiger partial charge in [0.2, 0.25) is 0 Å². The molecule has 0 aromatic rings. The van der Waals surface area contributed by atoms with Crippen LogP contribution < -0.4 is 0 Å². The number of rotatable bonds is 11. The van der Waals surface area contributed by atoms with E-state index in [0.29, 0.717) is 19.6 Å². The molecular formula is C18H43O3PSi4. The zero-order chi connectivity index (χ0) is 21.0. The van der Waals surface area contributed by atoms with E-state index in [0.717, 1.165) is 5.31 Å². The van der Waals surface area contributed by atoms with E-state index in [1.54, 1.807) is 0 Å². The van der Waals surface area contributed by atoms with Gasteiger partial charge in [0.1, 0.15) is 0 Å². The molecule has 0 fully saturated rings. The molecule has 0 aliphatic carbocycles. The lowest BCUT2D eigenvalue weighted by Crippen LogP contribution is -2.82. The minimum absolute atomic E-state index is 0.396. The van der Waals surface area contributed by atoms with Crippen molar-refractivity contribution in [2.45, 2.75) is 79.2 Å². The van der Waals surface area contributed by atoms with Gasteiger partial charge in [0.05, 0.1) is 19.8 Å². The SMILES string of the molecule is C=CC/C(=C/[Si]([Si](C)(C)C)([Si](C)(C)C)[Si](C)(C)C)P(=O)(OCC)OCC. The fraction of sp³-hybridized carbons (Fsp3) is 0.778. The topological polar surface area (TPSA) is 35.5 Å². The second-order valence-electron chi connectivity index (χ2n) is 10.0. The van der Waals surface area contributed by atoms with Crippen LogP contribution in [0, 0.1) is 0 Å². The second-order valence-corrected chi connectivity index (χ2v) is 52.6. The molecule has 0 atom stereocenters. The van der Waals surface area contributed by atoms with Crippen molar-refractivity contribution in [3.8, 4) is 0 Å². The third-order valence-electron chi connectivity index (χ3n) is 5.24. The van der Waals surface area contributed by atoms with Crippen LogP contribution in [0.2, 0.25) is 58.9 Å². The van der Waals surface area contributed by atoms with E-state index in [9.17, 15) is 4.57 Å². The predicted octanol–water partition coefficient (Wildman–Crippen LogP) is 6.95. The van der Waals surface area contributed by atoms with Crippen molar-refractivity contribution in [1.82, 2.24) is 0 Å². The van der Waals surface area contributed by atoms with Crippen molar-refractivity contribution in [2.24, 2.45) is 0 Å². The molecule has 0 aromatic heterocycles. The quantitative estimate of drug-likeness (QED) is 0.194. The maximum Gasteiger partial charge on any atom is 0.356 e. The van der Waals surface area contributed by atoms with Gasteiger partial charge in [-0.05, 0) is 20.3 Å². The van der Waals surface area contributed by atoms with Crippen LogP contribution in [-0.2, 0) is 13.6 Å². The normalized spacial score (nSPS) is 15.3. The Morgan fingerprint density at radius 2 is 1.19 bits per heavy atom. The van der Waals surface area contributed by atoms with Crippen molar-refractivity contribution in [3.63, 3.8) is 0 Å². The summed E-state index contributed by atoms with van der Waals surface area (Å²) < 4.78 is 25.2. The van der Waals surface area contributed by atoms with E-state index in [1.807, 2.05) is 19.9 Å². The average molecular weight is 451 g/mol. The van der Waals surface area contributed by atoms with Gasteiger partial charge in [0.15, 0.2) is 0 Å². The molecule has 0 radical (unpaired) electrons. The molecule has 8 heteroatoms. The Hall–Kier alpha value is 0.498. The molecule has 3 nitrogen and oxygen atoms in total. The maximum atomic E-state index is 13.7. The lowest BCUT2D eigenvalue weighted by atomic mass is 10.4. The molecule has 0 saturated heterocycles. The van der Waals surface area contributed by atoms with Crippen LogP contribution in [-0.4, -0.2) is 42.6 Å². The average Bonchev–Trinajstić information content (AvgIpc) is 2.39. The first-order valence-corrected chi connectivity index (χ1v) is 26.9. The highest BCUT2D eigenvalue weighted by Gasteiger charge is 2.60. The Kier molecular flexibility index (Phi) is 9.51. The van der Waals surface area contributed by atoms with Gasteiger partial charge in [-0.3, -0.25) is 4.57 Å². The Morgan fingerprint density at radius 1 is 0.846 bits per heavy atom. The van der Waals surface area contributed by atoms with Gasteiger partial charge in [-0.1, -0.05) is 70.7 Å². The van der Waals surface area contributed by atoms with E-state index in [-0.39, 0.29) is 0 Å². The van der Waals surface area contributed by atoms with Crippen LogP contribution in [0.3, 0.4) is 0 Å². The summed E-state index contributed by atoms with van der Waals surface area (Å²) in [6, 6.07) is 0. The third-order valence-corrected chi connectivity index (χ3v) is 78.7. The monoisotopic (exact) mass is 450 g/mol. The van der Waals surface area contributed by atoms with Gasteiger partial charge in [-0.2, -0.15) is 0 Å². The fourth-order valence-electron chi connectivity index (χ4n) is 5.22. The summed E-state index contributed by atoms with van der Waals surface area (Å²) in [4.78, 5) is 0. The van der Waals surface area contributed by atoms with E-state index in [1.165, 1.54) is 0 Å². The predicted molar refractivity (Wildman–Crippen MR) is 130 cm³/mol. The molecule has 0 spiro atoms. The summed E-state index contributed by atoms with van der Waals surface area (Å²) in [6.07, 6.45) is 2.44. The van der Waals surface area contributed by atoms with E-state index in [2.05, 4.69) is 71.2 Å². The number of allylic oxidation sites excluding steroid dienone is 2. The van der Waals surface area contributed by atoms with Gasteiger partial charge < -0.3 is 9.05 Å². The highest BCUT2D eigenvalue weighted by atomic mass is 31.2. The third kappa shape index (κ3) is 5.52. The van der Waals surface area contributed by atoms with Crippen LogP contribution >= 0.6 is 7.60 Å². The summed E-state index contributed by atoms with van der Waals surface area (Å²) in [5.41, 5.74) is 2.53. The second kappa shape index (κ2) is 9.33. The summed E-state index contributed by atoms with van der Waals surface area (Å²) in [5, 5.41) is 0.884. The Balaban J connectivity index is 7.00. The fourth-order valence-corrected chi connectivity index (χ4v) is 104. The van der Waals surface area contributed by atoms with Crippen LogP contribution in [0.5, 0.6) is 0 Å². The lowest BCUT2D eigenvalue weighted by Gasteiger charge is -2.56. The minimum atomic E-state index is -3.26. The summed E-state index contributed by atoms with van der Waals surface area (Å²) in [5.74, 6) is 0. The molecule has 0 aromatic carbocycles. The molecule has 0 saturated carbocycles. The summed E-state index contributed by atoms with van der Waals surface area (Å²) in [7, 11) is -7.77. The van der Waals surface area contributed by atoms with Crippen molar-refractivity contribution >= 4 is 37.0 Å². The maximum absolute atomic E-state index is 13.7. The highest BCUT2D eigenvalue weighted by Crippen LogP contribution is 2.58. The van der Waals surface area contributed by atoms with Crippen molar-refractivity contribution in [3.05, 3.63) is 23.7 Å². The van der Waals surface area contributed by atoms with Gasteiger partial charge >= 0.3 is 7.60 Å². The van der Waals surface area contributed by atoms with E-state index < -0.39 is 37.0 Å². The molecule has 0 bridgehead atoms.